The van der Waals surface area contributed by atoms with E-state index in [4.69, 9.17) is 0 Å². The van der Waals surface area contributed by atoms with Crippen molar-refractivity contribution in [1.82, 2.24) is 0 Å². The minimum atomic E-state index is 0.137. The molecular formula is C22H24S2. The second-order valence-corrected chi connectivity index (χ2v) is 11.4. The molecule has 0 saturated heterocycles. The van der Waals surface area contributed by atoms with Crippen molar-refractivity contribution in [2.75, 3.05) is 0 Å². The highest BCUT2D eigenvalue weighted by Crippen LogP contribution is 2.63. The summed E-state index contributed by atoms with van der Waals surface area (Å²) in [6.45, 7) is 14.2. The first kappa shape index (κ1) is 15.3. The molecule has 0 amide bonds. The summed E-state index contributed by atoms with van der Waals surface area (Å²) in [5, 5.41) is 0.622. The summed E-state index contributed by atoms with van der Waals surface area (Å²) >= 11 is 4.05. The predicted octanol–water partition coefficient (Wildman–Crippen LogP) is 6.96. The van der Waals surface area contributed by atoms with Gasteiger partial charge in [-0.3, -0.25) is 0 Å². The van der Waals surface area contributed by atoms with Crippen LogP contribution in [0.15, 0.2) is 29.2 Å². The van der Waals surface area contributed by atoms with E-state index in [9.17, 15) is 0 Å². The Morgan fingerprint density at radius 2 is 1.67 bits per heavy atom. The minimum absolute atomic E-state index is 0.137. The normalized spacial score (nSPS) is 27.5. The van der Waals surface area contributed by atoms with Gasteiger partial charge in [-0.1, -0.05) is 39.8 Å². The van der Waals surface area contributed by atoms with Crippen LogP contribution in [0.25, 0.3) is 10.4 Å². The fourth-order valence-corrected chi connectivity index (χ4v) is 7.83. The molecule has 24 heavy (non-hydrogen) atoms. The van der Waals surface area contributed by atoms with Gasteiger partial charge in [0.25, 0.3) is 0 Å². The van der Waals surface area contributed by atoms with Crippen molar-refractivity contribution in [3.8, 4) is 10.4 Å². The Balaban J connectivity index is 1.78. The Morgan fingerprint density at radius 3 is 2.42 bits per heavy atom. The van der Waals surface area contributed by atoms with Gasteiger partial charge in [0.2, 0.25) is 0 Å². The van der Waals surface area contributed by atoms with Crippen molar-refractivity contribution in [2.45, 2.75) is 57.6 Å². The van der Waals surface area contributed by atoms with E-state index in [2.05, 4.69) is 77.6 Å². The number of benzene rings is 1. The summed E-state index contributed by atoms with van der Waals surface area (Å²) in [5.74, 6) is 0.646. The molecule has 1 aromatic heterocycles. The summed E-state index contributed by atoms with van der Waals surface area (Å²) < 4.78 is 0. The quantitative estimate of drug-likeness (QED) is 0.494. The van der Waals surface area contributed by atoms with Crippen molar-refractivity contribution in [3.05, 3.63) is 56.3 Å². The third kappa shape index (κ3) is 1.67. The minimum Gasteiger partial charge on any atom is -0.140 e. The van der Waals surface area contributed by atoms with E-state index in [0.29, 0.717) is 11.2 Å². The van der Waals surface area contributed by atoms with E-state index in [1.54, 1.807) is 16.7 Å². The van der Waals surface area contributed by atoms with E-state index in [-0.39, 0.29) is 10.8 Å². The fourth-order valence-electron chi connectivity index (χ4n) is 5.11. The molecule has 2 aromatic rings. The van der Waals surface area contributed by atoms with Crippen molar-refractivity contribution >= 4 is 23.1 Å². The third-order valence-corrected chi connectivity index (χ3v) is 8.92. The van der Waals surface area contributed by atoms with Crippen LogP contribution >= 0.6 is 23.1 Å². The Hall–Kier alpha value is -0.990. The Kier molecular flexibility index (Phi) is 2.80. The standard InChI is InChI=1S/C22H24S2/c1-11-7-17-19(23-11)13-9-16-14(10-15(13)21(17,3)4)20-18(22(16,5)6)8-12(2)24-20/h7-10,17,19H,1-6H3. The van der Waals surface area contributed by atoms with Gasteiger partial charge >= 0.3 is 0 Å². The molecule has 1 aromatic carbocycles. The lowest BCUT2D eigenvalue weighted by Crippen LogP contribution is -2.22. The number of hydrogen-bond acceptors (Lipinski definition) is 2. The molecule has 2 heteroatoms. The van der Waals surface area contributed by atoms with Crippen LogP contribution in [-0.4, -0.2) is 0 Å². The summed E-state index contributed by atoms with van der Waals surface area (Å²) in [6, 6.07) is 7.53. The van der Waals surface area contributed by atoms with E-state index in [1.807, 2.05) is 11.3 Å². The number of rotatable bonds is 0. The van der Waals surface area contributed by atoms with Gasteiger partial charge in [0.05, 0.1) is 0 Å². The molecule has 2 atom stereocenters. The highest BCUT2D eigenvalue weighted by molar-refractivity contribution is 8.03. The lowest BCUT2D eigenvalue weighted by Gasteiger charge is -2.26. The van der Waals surface area contributed by atoms with Crippen molar-refractivity contribution < 1.29 is 0 Å². The highest BCUT2D eigenvalue weighted by atomic mass is 32.2. The van der Waals surface area contributed by atoms with Crippen LogP contribution in [0.2, 0.25) is 0 Å². The van der Waals surface area contributed by atoms with Crippen molar-refractivity contribution in [1.29, 1.82) is 0 Å². The monoisotopic (exact) mass is 352 g/mol. The smallest absolute Gasteiger partial charge is 0.0415 e. The third-order valence-electron chi connectivity index (χ3n) is 6.52. The molecule has 0 bridgehead atoms. The highest BCUT2D eigenvalue weighted by Gasteiger charge is 2.50. The molecule has 0 nitrogen and oxygen atoms in total. The second-order valence-electron chi connectivity index (χ2n) is 8.77. The molecule has 1 aliphatic heterocycles. The maximum atomic E-state index is 2.57. The van der Waals surface area contributed by atoms with Gasteiger partial charge in [-0.2, -0.15) is 0 Å². The van der Waals surface area contributed by atoms with E-state index in [1.165, 1.54) is 25.8 Å². The molecule has 2 aliphatic carbocycles. The first-order valence-corrected chi connectivity index (χ1v) is 10.6. The van der Waals surface area contributed by atoms with Crippen LogP contribution in [0.4, 0.5) is 0 Å². The van der Waals surface area contributed by atoms with Gasteiger partial charge in [-0.15, -0.1) is 23.1 Å². The Bertz CT molecular complexity index is 924. The molecular weight excluding hydrogens is 328 g/mol. The lowest BCUT2D eigenvalue weighted by atomic mass is 9.77. The molecule has 3 aliphatic rings. The Morgan fingerprint density at radius 1 is 0.917 bits per heavy atom. The molecule has 0 spiro atoms. The van der Waals surface area contributed by atoms with Gasteiger partial charge in [0, 0.05) is 26.3 Å². The first-order chi connectivity index (χ1) is 11.2. The average Bonchev–Trinajstić information content (AvgIpc) is 3.17. The van der Waals surface area contributed by atoms with Crippen LogP contribution in [0.3, 0.4) is 0 Å². The molecule has 124 valence electrons. The van der Waals surface area contributed by atoms with E-state index in [0.717, 1.165) is 0 Å². The van der Waals surface area contributed by atoms with Crippen LogP contribution in [0, 0.1) is 12.8 Å². The first-order valence-electron chi connectivity index (χ1n) is 8.86. The topological polar surface area (TPSA) is 0 Å². The largest absolute Gasteiger partial charge is 0.140 e. The van der Waals surface area contributed by atoms with Crippen LogP contribution in [-0.2, 0) is 10.8 Å². The molecule has 5 rings (SSSR count). The van der Waals surface area contributed by atoms with Gasteiger partial charge in [0.1, 0.15) is 0 Å². The number of fused-ring (bicyclic) bond motifs is 6. The van der Waals surface area contributed by atoms with E-state index >= 15 is 0 Å². The molecule has 2 unspecified atom stereocenters. The predicted molar refractivity (Wildman–Crippen MR) is 107 cm³/mol. The fraction of sp³-hybridized carbons (Fsp3) is 0.455. The Labute approximate surface area is 153 Å². The average molecular weight is 353 g/mol. The zero-order valence-corrected chi connectivity index (χ0v) is 16.9. The summed E-state index contributed by atoms with van der Waals surface area (Å²) in [7, 11) is 0. The molecule has 0 saturated carbocycles. The number of thiophene rings is 1. The molecule has 2 heterocycles. The summed E-state index contributed by atoms with van der Waals surface area (Å²) in [4.78, 5) is 4.45. The number of thioether (sulfide) groups is 1. The lowest BCUT2D eigenvalue weighted by molar-refractivity contribution is 0.418. The van der Waals surface area contributed by atoms with E-state index < -0.39 is 0 Å². The van der Waals surface area contributed by atoms with Crippen LogP contribution in [0.5, 0.6) is 0 Å². The number of aryl methyl sites for hydroxylation is 1. The van der Waals surface area contributed by atoms with Gasteiger partial charge in [0.15, 0.2) is 0 Å². The maximum absolute atomic E-state index is 2.57. The van der Waals surface area contributed by atoms with Gasteiger partial charge < -0.3 is 0 Å². The molecule has 0 N–H and O–H groups in total. The molecule has 0 fully saturated rings. The van der Waals surface area contributed by atoms with Gasteiger partial charge in [-0.05, 0) is 64.1 Å². The maximum Gasteiger partial charge on any atom is 0.0415 e. The van der Waals surface area contributed by atoms with Crippen molar-refractivity contribution in [2.24, 2.45) is 5.92 Å². The molecule has 0 radical (unpaired) electrons. The summed E-state index contributed by atoms with van der Waals surface area (Å²) in [5.41, 5.74) is 8.14. The van der Waals surface area contributed by atoms with Crippen LogP contribution < -0.4 is 0 Å². The zero-order valence-electron chi connectivity index (χ0n) is 15.3. The van der Waals surface area contributed by atoms with Gasteiger partial charge in [-0.25, -0.2) is 0 Å². The van der Waals surface area contributed by atoms with Crippen molar-refractivity contribution in [3.63, 3.8) is 0 Å². The van der Waals surface area contributed by atoms with Crippen LogP contribution in [0.1, 0.15) is 67.0 Å². The zero-order chi connectivity index (χ0) is 17.0. The number of hydrogen-bond donors (Lipinski definition) is 0. The number of allylic oxidation sites excluding steroid dienone is 2. The summed E-state index contributed by atoms with van der Waals surface area (Å²) in [6.07, 6.45) is 2.52. The second kappa shape index (κ2) is 4.40. The SMILES string of the molecule is CC1=CC2C(S1)c1cc3c(cc1C2(C)C)-c1sc(C)cc1C3(C)C.